The highest BCUT2D eigenvalue weighted by molar-refractivity contribution is 6.08. The molecule has 4 rings (SSSR count). The normalized spacial score (nSPS) is 18.7. The summed E-state index contributed by atoms with van der Waals surface area (Å²) >= 11 is 0. The number of rotatable bonds is 4. The predicted octanol–water partition coefficient (Wildman–Crippen LogP) is 3.59. The van der Waals surface area contributed by atoms with E-state index in [2.05, 4.69) is 15.2 Å². The summed E-state index contributed by atoms with van der Waals surface area (Å²) in [6.45, 7) is 4.59. The second-order valence-electron chi connectivity index (χ2n) is 6.99. The highest BCUT2D eigenvalue weighted by atomic mass is 16.3. The van der Waals surface area contributed by atoms with E-state index in [1.165, 1.54) is 0 Å². The van der Waals surface area contributed by atoms with Gasteiger partial charge in [-0.2, -0.15) is 0 Å². The van der Waals surface area contributed by atoms with Crippen LogP contribution in [-0.2, 0) is 6.54 Å². The molecule has 27 heavy (non-hydrogen) atoms. The molecule has 0 saturated carbocycles. The third-order valence-corrected chi connectivity index (χ3v) is 4.91. The summed E-state index contributed by atoms with van der Waals surface area (Å²) in [4.78, 5) is 11.4. The van der Waals surface area contributed by atoms with Gasteiger partial charge in [-0.05, 0) is 38.6 Å². The highest BCUT2D eigenvalue weighted by Gasteiger charge is 2.36. The van der Waals surface area contributed by atoms with Gasteiger partial charge in [-0.25, -0.2) is 4.99 Å². The summed E-state index contributed by atoms with van der Waals surface area (Å²) in [5.41, 5.74) is 11.1. The van der Waals surface area contributed by atoms with E-state index in [-0.39, 0.29) is 0 Å². The van der Waals surface area contributed by atoms with Crippen molar-refractivity contribution in [2.24, 2.45) is 10.7 Å². The maximum atomic E-state index is 6.37. The Labute approximate surface area is 158 Å². The lowest BCUT2D eigenvalue weighted by molar-refractivity contribution is 0.160. The van der Waals surface area contributed by atoms with Gasteiger partial charge < -0.3 is 15.5 Å². The maximum Gasteiger partial charge on any atom is 0.207 e. The number of nitrogens with one attached hydrogen (secondary N) is 1. The Hall–Kier alpha value is -3.12. The van der Waals surface area contributed by atoms with E-state index >= 15 is 0 Å². The summed E-state index contributed by atoms with van der Waals surface area (Å²) in [6.07, 6.45) is 1.73. The Balaban J connectivity index is 1.64. The number of benzene rings is 1. The molecule has 3 N–H and O–H groups in total. The van der Waals surface area contributed by atoms with Crippen molar-refractivity contribution >= 4 is 11.7 Å². The van der Waals surface area contributed by atoms with Crippen LogP contribution in [0.3, 0.4) is 0 Å². The van der Waals surface area contributed by atoms with Crippen molar-refractivity contribution in [3.63, 3.8) is 0 Å². The van der Waals surface area contributed by atoms with Crippen LogP contribution in [-0.4, -0.2) is 28.6 Å². The quantitative estimate of drug-likeness (QED) is 0.742. The van der Waals surface area contributed by atoms with Gasteiger partial charge in [0.25, 0.3) is 0 Å². The number of aliphatic imine (C=N–C) groups is 1. The lowest BCUT2D eigenvalue weighted by Crippen LogP contribution is -2.51. The number of aromatic nitrogens is 1. The SMILES string of the molecule is Cc1cccc(CN(C)C2(C)N=C(N)c3c(-c4ccccc4)coc3N2)n1. The molecule has 0 fully saturated rings. The Kier molecular flexibility index (Phi) is 4.20. The number of hydrogen-bond donors (Lipinski definition) is 2. The molecule has 6 heteroatoms. The fraction of sp³-hybridized carbons (Fsp3) is 0.238. The van der Waals surface area contributed by atoms with Gasteiger partial charge >= 0.3 is 0 Å². The molecule has 0 amide bonds. The van der Waals surface area contributed by atoms with E-state index in [1.54, 1.807) is 6.26 Å². The minimum Gasteiger partial charge on any atom is -0.447 e. The predicted molar refractivity (Wildman–Crippen MR) is 107 cm³/mol. The Morgan fingerprint density at radius 1 is 1.15 bits per heavy atom. The number of hydrogen-bond acceptors (Lipinski definition) is 6. The zero-order valence-corrected chi connectivity index (χ0v) is 15.7. The van der Waals surface area contributed by atoms with Crippen molar-refractivity contribution in [1.82, 2.24) is 9.88 Å². The number of aryl methyl sites for hydroxylation is 1. The lowest BCUT2D eigenvalue weighted by Gasteiger charge is -2.38. The largest absolute Gasteiger partial charge is 0.447 e. The van der Waals surface area contributed by atoms with Gasteiger partial charge in [0.15, 0.2) is 5.79 Å². The first-order valence-corrected chi connectivity index (χ1v) is 8.91. The molecule has 0 spiro atoms. The first kappa shape index (κ1) is 17.3. The maximum absolute atomic E-state index is 6.37. The van der Waals surface area contributed by atoms with E-state index in [0.29, 0.717) is 18.3 Å². The number of pyridine rings is 1. The van der Waals surface area contributed by atoms with Crippen LogP contribution in [0.15, 0.2) is 64.2 Å². The van der Waals surface area contributed by atoms with Gasteiger partial charge in [0.05, 0.1) is 11.3 Å². The Morgan fingerprint density at radius 3 is 2.67 bits per heavy atom. The summed E-state index contributed by atoms with van der Waals surface area (Å²) < 4.78 is 5.81. The fourth-order valence-electron chi connectivity index (χ4n) is 3.33. The van der Waals surface area contributed by atoms with Crippen LogP contribution in [0.2, 0.25) is 0 Å². The van der Waals surface area contributed by atoms with Crippen LogP contribution in [0.4, 0.5) is 5.88 Å². The minimum atomic E-state index is -0.728. The molecule has 3 aromatic rings. The van der Waals surface area contributed by atoms with Gasteiger partial charge in [-0.15, -0.1) is 0 Å². The zero-order chi connectivity index (χ0) is 19.0. The van der Waals surface area contributed by atoms with E-state index < -0.39 is 5.79 Å². The van der Waals surface area contributed by atoms with Crippen molar-refractivity contribution in [1.29, 1.82) is 0 Å². The molecule has 1 atom stereocenters. The van der Waals surface area contributed by atoms with E-state index in [1.807, 2.05) is 69.4 Å². The van der Waals surface area contributed by atoms with Crippen LogP contribution < -0.4 is 11.1 Å². The second-order valence-corrected chi connectivity index (χ2v) is 6.99. The van der Waals surface area contributed by atoms with E-state index in [4.69, 9.17) is 15.1 Å². The van der Waals surface area contributed by atoms with Crippen LogP contribution in [0, 0.1) is 6.92 Å². The fourth-order valence-corrected chi connectivity index (χ4v) is 3.33. The summed E-state index contributed by atoms with van der Waals surface area (Å²) in [7, 11) is 1.99. The number of nitrogens with two attached hydrogens (primary N) is 1. The Bertz CT molecular complexity index is 995. The minimum absolute atomic E-state index is 0.461. The molecule has 0 bridgehead atoms. The van der Waals surface area contributed by atoms with Gasteiger partial charge in [-0.3, -0.25) is 9.88 Å². The topological polar surface area (TPSA) is 79.7 Å². The third-order valence-electron chi connectivity index (χ3n) is 4.91. The molecule has 1 aliphatic rings. The van der Waals surface area contributed by atoms with Gasteiger partial charge in [0.1, 0.15) is 12.1 Å². The first-order chi connectivity index (χ1) is 13.0. The van der Waals surface area contributed by atoms with Crippen LogP contribution >= 0.6 is 0 Å². The highest BCUT2D eigenvalue weighted by Crippen LogP contribution is 2.37. The summed E-state index contributed by atoms with van der Waals surface area (Å²) in [5.74, 6) is 0.365. The van der Waals surface area contributed by atoms with E-state index in [0.717, 1.165) is 28.1 Å². The number of fused-ring (bicyclic) bond motifs is 1. The first-order valence-electron chi connectivity index (χ1n) is 8.91. The summed E-state index contributed by atoms with van der Waals surface area (Å²) in [5, 5.41) is 3.39. The van der Waals surface area contributed by atoms with Crippen molar-refractivity contribution in [3.8, 4) is 11.1 Å². The molecular weight excluding hydrogens is 338 g/mol. The standard InChI is InChI=1S/C21H23N5O/c1-14-8-7-11-16(23-14)12-26(3)21(2)24-19(22)18-17(13-27-20(18)25-21)15-9-5-4-6-10-15/h4-11,13,25H,12H2,1-3H3,(H2,22,24). The lowest BCUT2D eigenvalue weighted by atomic mass is 10.0. The number of amidine groups is 1. The molecule has 0 saturated heterocycles. The second kappa shape index (κ2) is 6.55. The molecule has 138 valence electrons. The summed E-state index contributed by atoms with van der Waals surface area (Å²) in [6, 6.07) is 16.0. The van der Waals surface area contributed by atoms with Crippen LogP contribution in [0.5, 0.6) is 0 Å². The number of anilines is 1. The molecule has 1 unspecified atom stereocenters. The van der Waals surface area contributed by atoms with Gasteiger partial charge in [-0.1, -0.05) is 36.4 Å². The molecule has 3 heterocycles. The Morgan fingerprint density at radius 2 is 1.93 bits per heavy atom. The van der Waals surface area contributed by atoms with Crippen molar-refractivity contribution in [2.75, 3.05) is 12.4 Å². The molecule has 6 nitrogen and oxygen atoms in total. The molecule has 0 radical (unpaired) electrons. The van der Waals surface area contributed by atoms with Crippen molar-refractivity contribution in [2.45, 2.75) is 26.2 Å². The number of nitrogens with zero attached hydrogens (tertiary/aromatic N) is 3. The average Bonchev–Trinajstić information content (AvgIpc) is 3.06. The average molecular weight is 361 g/mol. The van der Waals surface area contributed by atoms with E-state index in [9.17, 15) is 0 Å². The van der Waals surface area contributed by atoms with Crippen molar-refractivity contribution < 1.29 is 4.42 Å². The number of furan rings is 1. The smallest absolute Gasteiger partial charge is 0.207 e. The molecule has 1 aromatic carbocycles. The zero-order valence-electron chi connectivity index (χ0n) is 15.7. The van der Waals surface area contributed by atoms with Crippen molar-refractivity contribution in [3.05, 3.63) is 71.7 Å². The van der Waals surface area contributed by atoms with Gasteiger partial charge in [0.2, 0.25) is 5.88 Å². The monoisotopic (exact) mass is 361 g/mol. The van der Waals surface area contributed by atoms with Gasteiger partial charge in [0, 0.05) is 17.8 Å². The third kappa shape index (κ3) is 3.19. The molecular formula is C21H23N5O. The molecule has 0 aliphatic carbocycles. The molecule has 1 aliphatic heterocycles. The van der Waals surface area contributed by atoms with Crippen LogP contribution in [0.1, 0.15) is 23.9 Å². The van der Waals surface area contributed by atoms with Crippen LogP contribution in [0.25, 0.3) is 11.1 Å². The molecule has 2 aromatic heterocycles.